The molecule has 10 heteroatoms. The van der Waals surface area contributed by atoms with Gasteiger partial charge in [0.1, 0.15) is 5.69 Å². The first-order valence-corrected chi connectivity index (χ1v) is 6.17. The summed E-state index contributed by atoms with van der Waals surface area (Å²) in [6.07, 6.45) is 2.79. The van der Waals surface area contributed by atoms with Gasteiger partial charge in [-0.05, 0) is 18.2 Å². The van der Waals surface area contributed by atoms with Gasteiger partial charge in [0.2, 0.25) is 0 Å². The number of nitrogens with one attached hydrogen (secondary N) is 1. The van der Waals surface area contributed by atoms with Crippen molar-refractivity contribution in [3.05, 3.63) is 61.7 Å². The van der Waals surface area contributed by atoms with Crippen LogP contribution in [0.1, 0.15) is 0 Å². The molecule has 0 unspecified atom stereocenters. The molecule has 0 bridgehead atoms. The Hall–Kier alpha value is -2.45. The van der Waals surface area contributed by atoms with Crippen LogP contribution in [0.2, 0.25) is 0 Å². The summed E-state index contributed by atoms with van der Waals surface area (Å²) in [6.45, 7) is 0. The summed E-state index contributed by atoms with van der Waals surface area (Å²) in [4.78, 5) is 20.1. The Morgan fingerprint density at radius 3 is 2.24 bits per heavy atom. The van der Waals surface area contributed by atoms with E-state index >= 15 is 0 Å². The highest BCUT2D eigenvalue weighted by Crippen LogP contribution is 2.28. The van der Waals surface area contributed by atoms with E-state index in [9.17, 15) is 20.2 Å². The second kappa shape index (κ2) is 7.98. The lowest BCUT2D eigenvalue weighted by Crippen LogP contribution is -2.00. The summed E-state index contributed by atoms with van der Waals surface area (Å²) in [6, 6.07) is 3.15. The number of benzene rings is 1. The zero-order valence-corrected chi connectivity index (χ0v) is 11.8. The second-order valence-electron chi connectivity index (χ2n) is 3.45. The van der Waals surface area contributed by atoms with Gasteiger partial charge in [-0.1, -0.05) is 23.2 Å². The van der Waals surface area contributed by atoms with Crippen LogP contribution in [-0.4, -0.2) is 15.6 Å². The van der Waals surface area contributed by atoms with Crippen molar-refractivity contribution in [2.45, 2.75) is 0 Å². The Morgan fingerprint density at radius 1 is 1.14 bits per heavy atom. The van der Waals surface area contributed by atoms with Crippen molar-refractivity contribution in [3.8, 4) is 0 Å². The van der Waals surface area contributed by atoms with Crippen LogP contribution < -0.4 is 5.43 Å². The van der Waals surface area contributed by atoms with Gasteiger partial charge in [-0.2, -0.15) is 5.10 Å². The SMILES string of the molecule is O=[N+]([O-])c1ccc(NN=C(C=CCl)C=CCl)c([N+](=O)[O-])c1. The Kier molecular flexibility index (Phi) is 6.31. The maximum absolute atomic E-state index is 10.9. The van der Waals surface area contributed by atoms with Gasteiger partial charge in [-0.15, -0.1) is 0 Å². The van der Waals surface area contributed by atoms with E-state index in [0.29, 0.717) is 5.71 Å². The fraction of sp³-hybridized carbons (Fsp3) is 0. The number of nitrogens with zero attached hydrogens (tertiary/aromatic N) is 3. The molecule has 0 radical (unpaired) electrons. The van der Waals surface area contributed by atoms with Crippen molar-refractivity contribution >= 4 is 46.0 Å². The molecule has 1 rings (SSSR count). The first-order valence-electron chi connectivity index (χ1n) is 5.29. The number of hydrogen-bond donors (Lipinski definition) is 1. The molecule has 0 aliphatic rings. The minimum atomic E-state index is -0.751. The summed E-state index contributed by atoms with van der Waals surface area (Å²) < 4.78 is 0. The van der Waals surface area contributed by atoms with Crippen LogP contribution in [-0.2, 0) is 0 Å². The van der Waals surface area contributed by atoms with Gasteiger partial charge >= 0.3 is 5.69 Å². The minimum Gasteiger partial charge on any atom is -0.271 e. The maximum atomic E-state index is 10.9. The average Bonchev–Trinajstić information content (AvgIpc) is 2.44. The maximum Gasteiger partial charge on any atom is 0.301 e. The number of nitro benzene ring substituents is 2. The zero-order valence-electron chi connectivity index (χ0n) is 10.3. The lowest BCUT2D eigenvalue weighted by Gasteiger charge is -2.02. The van der Waals surface area contributed by atoms with Crippen molar-refractivity contribution in [2.24, 2.45) is 5.10 Å². The monoisotopic (exact) mass is 330 g/mol. The number of non-ortho nitro benzene ring substituents is 1. The molecular formula is C11H8Cl2N4O4. The zero-order chi connectivity index (χ0) is 15.8. The third-order valence-corrected chi connectivity index (χ3v) is 2.41. The molecule has 1 aromatic rings. The van der Waals surface area contributed by atoms with Crippen LogP contribution in [0.5, 0.6) is 0 Å². The predicted molar refractivity (Wildman–Crippen MR) is 80.8 cm³/mol. The molecule has 0 heterocycles. The Balaban J connectivity index is 3.15. The first-order chi connectivity index (χ1) is 9.99. The van der Waals surface area contributed by atoms with Crippen molar-refractivity contribution in [1.82, 2.24) is 0 Å². The van der Waals surface area contributed by atoms with Gasteiger partial charge in [-0.25, -0.2) is 0 Å². The minimum absolute atomic E-state index is 0.00551. The molecule has 21 heavy (non-hydrogen) atoms. The molecule has 1 aromatic carbocycles. The van der Waals surface area contributed by atoms with Crippen LogP contribution in [0.4, 0.5) is 17.1 Å². The summed E-state index contributed by atoms with van der Waals surface area (Å²) >= 11 is 10.8. The van der Waals surface area contributed by atoms with Crippen LogP contribution in [0.3, 0.4) is 0 Å². The number of allylic oxidation sites excluding steroid dienone is 2. The van der Waals surface area contributed by atoms with Gasteiger partial charge in [0, 0.05) is 17.1 Å². The molecule has 0 aromatic heterocycles. The molecule has 8 nitrogen and oxygen atoms in total. The molecule has 0 aliphatic carbocycles. The van der Waals surface area contributed by atoms with Crippen molar-refractivity contribution < 1.29 is 9.85 Å². The van der Waals surface area contributed by atoms with E-state index in [1.807, 2.05) is 0 Å². The number of nitro groups is 2. The molecule has 0 atom stereocenters. The van der Waals surface area contributed by atoms with Crippen LogP contribution in [0.25, 0.3) is 0 Å². The number of rotatable bonds is 6. The van der Waals surface area contributed by atoms with E-state index in [0.717, 1.165) is 12.1 Å². The molecule has 0 spiro atoms. The van der Waals surface area contributed by atoms with E-state index in [1.54, 1.807) is 0 Å². The third kappa shape index (κ3) is 4.86. The summed E-state index contributed by atoms with van der Waals surface area (Å²) in [5.41, 5.74) is 4.23. The fourth-order valence-corrected chi connectivity index (χ4v) is 1.52. The van der Waals surface area contributed by atoms with Crippen molar-refractivity contribution in [2.75, 3.05) is 5.43 Å². The molecule has 0 saturated carbocycles. The lowest BCUT2D eigenvalue weighted by atomic mass is 10.2. The highest BCUT2D eigenvalue weighted by atomic mass is 35.5. The largest absolute Gasteiger partial charge is 0.301 e. The second-order valence-corrected chi connectivity index (χ2v) is 3.95. The molecule has 0 fully saturated rings. The number of anilines is 1. The normalized spacial score (nSPS) is 10.8. The summed E-state index contributed by atoms with van der Waals surface area (Å²) in [5, 5.41) is 25.4. The van der Waals surface area contributed by atoms with Gasteiger partial charge in [0.25, 0.3) is 5.69 Å². The van der Waals surface area contributed by atoms with Crippen LogP contribution in [0.15, 0.2) is 46.5 Å². The predicted octanol–water partition coefficient (Wildman–Crippen LogP) is 3.78. The van der Waals surface area contributed by atoms with E-state index in [1.165, 1.54) is 29.3 Å². The summed E-state index contributed by atoms with van der Waals surface area (Å²) in [5.74, 6) is 0. The fourth-order valence-electron chi connectivity index (χ4n) is 1.26. The van der Waals surface area contributed by atoms with Crippen molar-refractivity contribution in [3.63, 3.8) is 0 Å². The number of hydrogen-bond acceptors (Lipinski definition) is 6. The van der Waals surface area contributed by atoms with Gasteiger partial charge in [-0.3, -0.25) is 25.7 Å². The molecule has 0 aliphatic heterocycles. The third-order valence-electron chi connectivity index (χ3n) is 2.16. The lowest BCUT2D eigenvalue weighted by molar-refractivity contribution is -0.393. The highest BCUT2D eigenvalue weighted by molar-refractivity contribution is 6.29. The van der Waals surface area contributed by atoms with E-state index < -0.39 is 21.2 Å². The van der Waals surface area contributed by atoms with E-state index in [2.05, 4.69) is 10.5 Å². The quantitative estimate of drug-likeness (QED) is 0.484. The number of hydrazone groups is 1. The Labute approximate surface area is 128 Å². The van der Waals surface area contributed by atoms with Gasteiger partial charge < -0.3 is 0 Å². The van der Waals surface area contributed by atoms with Crippen LogP contribution in [0, 0.1) is 20.2 Å². The molecule has 0 amide bonds. The standard InChI is InChI=1S/C11H8Cl2N4O4/c12-5-3-8(4-6-13)14-15-10-2-1-9(16(18)19)7-11(10)17(20)21/h1-7,15H. The van der Waals surface area contributed by atoms with Crippen molar-refractivity contribution in [1.29, 1.82) is 0 Å². The van der Waals surface area contributed by atoms with E-state index in [4.69, 9.17) is 23.2 Å². The van der Waals surface area contributed by atoms with Gasteiger partial charge in [0.15, 0.2) is 0 Å². The molecule has 1 N–H and O–H groups in total. The summed E-state index contributed by atoms with van der Waals surface area (Å²) in [7, 11) is 0. The average molecular weight is 331 g/mol. The van der Waals surface area contributed by atoms with E-state index in [-0.39, 0.29) is 5.69 Å². The van der Waals surface area contributed by atoms with Gasteiger partial charge in [0.05, 0.1) is 21.6 Å². The first kappa shape index (κ1) is 16.6. The topological polar surface area (TPSA) is 111 Å². The number of halogens is 2. The van der Waals surface area contributed by atoms with Crippen LogP contribution >= 0.6 is 23.2 Å². The smallest absolute Gasteiger partial charge is 0.271 e. The highest BCUT2D eigenvalue weighted by Gasteiger charge is 2.19. The molecule has 110 valence electrons. The molecule has 0 saturated heterocycles. The molecular weight excluding hydrogens is 323 g/mol. The Morgan fingerprint density at radius 2 is 1.76 bits per heavy atom. The Bertz CT molecular complexity index is 629.